The smallest absolute Gasteiger partial charge is 0.338 e. The highest BCUT2D eigenvalue weighted by atomic mass is 32.2. The largest absolute Gasteiger partial charge is 0.465 e. The molecule has 1 atom stereocenters. The summed E-state index contributed by atoms with van der Waals surface area (Å²) >= 11 is 0. The van der Waals surface area contributed by atoms with Gasteiger partial charge in [0.25, 0.3) is 0 Å². The number of sulfone groups is 1. The molecule has 2 rings (SSSR count). The van der Waals surface area contributed by atoms with Crippen molar-refractivity contribution in [1.29, 1.82) is 0 Å². The summed E-state index contributed by atoms with van der Waals surface area (Å²) in [5.74, 6) is -0.472. The third-order valence-corrected chi connectivity index (χ3v) is 5.14. The number of fused-ring (bicyclic) bond motifs is 1. The van der Waals surface area contributed by atoms with Crippen molar-refractivity contribution < 1.29 is 17.9 Å². The number of hydrogen-bond acceptors (Lipinski definition) is 5. The van der Waals surface area contributed by atoms with Gasteiger partial charge in [0.15, 0.2) is 9.84 Å². The number of methoxy groups -OCH3 is 1. The van der Waals surface area contributed by atoms with E-state index in [2.05, 4.69) is 5.32 Å². The average Bonchev–Trinajstić information content (AvgIpc) is 2.35. The number of carbonyl (C=O) groups excluding carboxylic acids is 1. The Morgan fingerprint density at radius 3 is 2.74 bits per heavy atom. The molecule has 0 spiro atoms. The summed E-state index contributed by atoms with van der Waals surface area (Å²) in [6.07, 6.45) is 0.633. The maximum Gasteiger partial charge on any atom is 0.338 e. The van der Waals surface area contributed by atoms with E-state index < -0.39 is 15.8 Å². The van der Waals surface area contributed by atoms with Crippen molar-refractivity contribution in [3.63, 3.8) is 0 Å². The van der Waals surface area contributed by atoms with Crippen LogP contribution in [0.15, 0.2) is 17.0 Å². The van der Waals surface area contributed by atoms with E-state index in [4.69, 9.17) is 4.74 Å². The van der Waals surface area contributed by atoms with Crippen LogP contribution in [0, 0.1) is 0 Å². The number of nitrogens with one attached hydrogen (secondary N) is 1. The van der Waals surface area contributed by atoms with Crippen LogP contribution in [-0.4, -0.2) is 33.3 Å². The molecule has 0 saturated carbocycles. The van der Waals surface area contributed by atoms with Gasteiger partial charge >= 0.3 is 5.97 Å². The van der Waals surface area contributed by atoms with Crippen molar-refractivity contribution in [1.82, 2.24) is 0 Å². The molecule has 1 aromatic carbocycles. The second-order valence-electron chi connectivity index (χ2n) is 4.68. The Balaban J connectivity index is 2.67. The van der Waals surface area contributed by atoms with E-state index in [0.29, 0.717) is 17.7 Å². The van der Waals surface area contributed by atoms with Crippen LogP contribution >= 0.6 is 0 Å². The van der Waals surface area contributed by atoms with Gasteiger partial charge in [0, 0.05) is 6.04 Å². The number of ether oxygens (including phenoxy) is 1. The first-order chi connectivity index (χ1) is 8.89. The summed E-state index contributed by atoms with van der Waals surface area (Å²) in [5, 5.41) is 3.14. The molecule has 5 nitrogen and oxygen atoms in total. The normalized spacial score (nSPS) is 20.3. The Bertz CT molecular complexity index is 622. The first-order valence-electron chi connectivity index (χ1n) is 6.13. The van der Waals surface area contributed by atoms with Gasteiger partial charge in [0.05, 0.1) is 29.0 Å². The highest BCUT2D eigenvalue weighted by Crippen LogP contribution is 2.32. The summed E-state index contributed by atoms with van der Waals surface area (Å²) in [7, 11) is -2.06. The molecule has 0 fully saturated rings. The number of esters is 1. The predicted octanol–water partition coefficient (Wildman–Crippen LogP) is 1.62. The Kier molecular flexibility index (Phi) is 3.54. The van der Waals surface area contributed by atoms with E-state index in [9.17, 15) is 13.2 Å². The molecule has 0 radical (unpaired) electrons. The van der Waals surface area contributed by atoms with Crippen LogP contribution < -0.4 is 5.32 Å². The summed E-state index contributed by atoms with van der Waals surface area (Å²) in [6, 6.07) is 3.02. The van der Waals surface area contributed by atoms with Gasteiger partial charge in [-0.3, -0.25) is 0 Å². The standard InChI is InChI=1S/C13H17NO4S/c1-4-9-5-11-12(6-10(9)13(15)18-3)19(16,17)7-8(2)14-11/h5-6,8,14H,4,7H2,1-3H3. The van der Waals surface area contributed by atoms with Crippen LogP contribution in [-0.2, 0) is 21.0 Å². The van der Waals surface area contributed by atoms with Gasteiger partial charge < -0.3 is 10.1 Å². The number of rotatable bonds is 2. The third kappa shape index (κ3) is 2.45. The van der Waals surface area contributed by atoms with Gasteiger partial charge in [0.2, 0.25) is 0 Å². The first kappa shape index (κ1) is 13.9. The molecule has 19 heavy (non-hydrogen) atoms. The monoisotopic (exact) mass is 283 g/mol. The topological polar surface area (TPSA) is 72.5 Å². The SMILES string of the molecule is CCc1cc2c(cc1C(=O)OC)S(=O)(=O)CC(C)N2. The van der Waals surface area contributed by atoms with Gasteiger partial charge in [-0.15, -0.1) is 0 Å². The van der Waals surface area contributed by atoms with Crippen molar-refractivity contribution in [3.8, 4) is 0 Å². The van der Waals surface area contributed by atoms with Gasteiger partial charge in [-0.25, -0.2) is 13.2 Å². The second kappa shape index (κ2) is 4.85. The minimum Gasteiger partial charge on any atom is -0.465 e. The lowest BCUT2D eigenvalue weighted by Crippen LogP contribution is -2.32. The lowest BCUT2D eigenvalue weighted by molar-refractivity contribution is 0.0599. The lowest BCUT2D eigenvalue weighted by atomic mass is 10.0. The minimum atomic E-state index is -3.35. The quantitative estimate of drug-likeness (QED) is 0.835. The maximum absolute atomic E-state index is 12.2. The summed E-state index contributed by atoms with van der Waals surface area (Å²) in [6.45, 7) is 3.73. The number of aryl methyl sites for hydroxylation is 1. The summed E-state index contributed by atoms with van der Waals surface area (Å²) < 4.78 is 29.0. The predicted molar refractivity (Wildman–Crippen MR) is 72.3 cm³/mol. The first-order valence-corrected chi connectivity index (χ1v) is 7.78. The Morgan fingerprint density at radius 2 is 2.16 bits per heavy atom. The van der Waals surface area contributed by atoms with Gasteiger partial charge in [-0.2, -0.15) is 0 Å². The van der Waals surface area contributed by atoms with E-state index in [1.54, 1.807) is 6.07 Å². The van der Waals surface area contributed by atoms with Crippen molar-refractivity contribution in [2.24, 2.45) is 0 Å². The van der Waals surface area contributed by atoms with E-state index in [1.165, 1.54) is 13.2 Å². The molecule has 0 aliphatic carbocycles. The van der Waals surface area contributed by atoms with Crippen molar-refractivity contribution in [2.45, 2.75) is 31.2 Å². The third-order valence-electron chi connectivity index (χ3n) is 3.20. The number of hydrogen-bond donors (Lipinski definition) is 1. The molecule has 1 N–H and O–H groups in total. The van der Waals surface area contributed by atoms with Gasteiger partial charge in [0.1, 0.15) is 0 Å². The van der Waals surface area contributed by atoms with Crippen LogP contribution in [0.5, 0.6) is 0 Å². The van der Waals surface area contributed by atoms with Crippen LogP contribution in [0.4, 0.5) is 5.69 Å². The molecule has 0 saturated heterocycles. The second-order valence-corrected chi connectivity index (χ2v) is 6.68. The number of carbonyl (C=O) groups is 1. The molecule has 6 heteroatoms. The van der Waals surface area contributed by atoms with Crippen molar-refractivity contribution in [2.75, 3.05) is 18.2 Å². The fraction of sp³-hybridized carbons (Fsp3) is 0.462. The molecule has 0 bridgehead atoms. The Hall–Kier alpha value is -1.56. The molecule has 1 aliphatic rings. The van der Waals surface area contributed by atoms with Crippen molar-refractivity contribution >= 4 is 21.5 Å². The zero-order valence-corrected chi connectivity index (χ0v) is 12.0. The van der Waals surface area contributed by atoms with E-state index in [1.807, 2.05) is 13.8 Å². The maximum atomic E-state index is 12.2. The Labute approximate surface area is 112 Å². The molecule has 104 valence electrons. The lowest BCUT2D eigenvalue weighted by Gasteiger charge is -2.25. The fourth-order valence-electron chi connectivity index (χ4n) is 2.31. The molecule has 1 aliphatic heterocycles. The molecule has 1 heterocycles. The van der Waals surface area contributed by atoms with Gasteiger partial charge in [-0.1, -0.05) is 6.92 Å². The molecule has 0 aromatic heterocycles. The van der Waals surface area contributed by atoms with Crippen LogP contribution in [0.3, 0.4) is 0 Å². The molecule has 0 amide bonds. The van der Waals surface area contributed by atoms with Gasteiger partial charge in [-0.05, 0) is 31.0 Å². The summed E-state index contributed by atoms with van der Waals surface area (Å²) in [5.41, 5.74) is 1.68. The van der Waals surface area contributed by atoms with Crippen LogP contribution in [0.2, 0.25) is 0 Å². The molecular weight excluding hydrogens is 266 g/mol. The molecular formula is C13H17NO4S. The van der Waals surface area contributed by atoms with Crippen LogP contribution in [0.25, 0.3) is 0 Å². The number of anilines is 1. The average molecular weight is 283 g/mol. The fourth-order valence-corrected chi connectivity index (χ4v) is 3.98. The van der Waals surface area contributed by atoms with E-state index >= 15 is 0 Å². The molecule has 1 aromatic rings. The zero-order chi connectivity index (χ0) is 14.2. The highest BCUT2D eigenvalue weighted by molar-refractivity contribution is 7.91. The van der Waals surface area contributed by atoms with Crippen molar-refractivity contribution in [3.05, 3.63) is 23.3 Å². The minimum absolute atomic E-state index is 0.0338. The van der Waals surface area contributed by atoms with Crippen LogP contribution in [0.1, 0.15) is 29.8 Å². The summed E-state index contributed by atoms with van der Waals surface area (Å²) in [4.78, 5) is 11.9. The molecule has 1 unspecified atom stereocenters. The zero-order valence-electron chi connectivity index (χ0n) is 11.2. The highest BCUT2D eigenvalue weighted by Gasteiger charge is 2.29. The number of benzene rings is 1. The van der Waals surface area contributed by atoms with E-state index in [-0.39, 0.29) is 16.7 Å². The van der Waals surface area contributed by atoms with E-state index in [0.717, 1.165) is 5.56 Å². The Morgan fingerprint density at radius 1 is 1.47 bits per heavy atom.